The number of thiophene rings is 1. The third kappa shape index (κ3) is 2.99. The predicted molar refractivity (Wildman–Crippen MR) is 76.4 cm³/mol. The molecule has 1 aromatic heterocycles. The van der Waals surface area contributed by atoms with E-state index >= 15 is 0 Å². The SMILES string of the molecule is NCC#Cc1ccc(CNC(=O)C2CC3CC3C2)s1. The van der Waals surface area contributed by atoms with Crippen molar-refractivity contribution in [2.24, 2.45) is 23.5 Å². The van der Waals surface area contributed by atoms with Crippen LogP contribution >= 0.6 is 11.3 Å². The fourth-order valence-electron chi connectivity index (χ4n) is 2.93. The van der Waals surface area contributed by atoms with Crippen LogP contribution in [-0.2, 0) is 11.3 Å². The Bertz CT molecular complexity index is 530. The number of nitrogens with one attached hydrogen (secondary N) is 1. The summed E-state index contributed by atoms with van der Waals surface area (Å²) in [7, 11) is 0. The summed E-state index contributed by atoms with van der Waals surface area (Å²) in [5.74, 6) is 8.06. The molecule has 2 atom stereocenters. The fraction of sp³-hybridized carbons (Fsp3) is 0.533. The molecule has 3 nitrogen and oxygen atoms in total. The Hall–Kier alpha value is -1.31. The van der Waals surface area contributed by atoms with Crippen LogP contribution in [0, 0.1) is 29.6 Å². The van der Waals surface area contributed by atoms with Crippen LogP contribution in [0.2, 0.25) is 0 Å². The molecule has 1 heterocycles. The number of fused-ring (bicyclic) bond motifs is 1. The van der Waals surface area contributed by atoms with Gasteiger partial charge in [0.2, 0.25) is 5.91 Å². The van der Waals surface area contributed by atoms with Crippen molar-refractivity contribution < 1.29 is 4.79 Å². The van der Waals surface area contributed by atoms with Crippen molar-refractivity contribution in [3.05, 3.63) is 21.9 Å². The van der Waals surface area contributed by atoms with Crippen molar-refractivity contribution in [3.63, 3.8) is 0 Å². The molecule has 2 aliphatic carbocycles. The summed E-state index contributed by atoms with van der Waals surface area (Å²) in [4.78, 5) is 14.2. The summed E-state index contributed by atoms with van der Waals surface area (Å²) in [6.45, 7) is 1.01. The highest BCUT2D eigenvalue weighted by molar-refractivity contribution is 7.12. The van der Waals surface area contributed by atoms with Gasteiger partial charge in [-0.15, -0.1) is 11.3 Å². The third-order valence-electron chi connectivity index (χ3n) is 4.03. The van der Waals surface area contributed by atoms with Gasteiger partial charge in [-0.1, -0.05) is 11.8 Å². The molecule has 19 heavy (non-hydrogen) atoms. The second kappa shape index (κ2) is 5.36. The Labute approximate surface area is 117 Å². The topological polar surface area (TPSA) is 55.1 Å². The molecule has 0 radical (unpaired) electrons. The first-order valence-corrected chi connectivity index (χ1v) is 7.63. The third-order valence-corrected chi connectivity index (χ3v) is 5.03. The number of rotatable bonds is 3. The van der Waals surface area contributed by atoms with Crippen molar-refractivity contribution in [2.75, 3.05) is 6.54 Å². The van der Waals surface area contributed by atoms with E-state index in [1.807, 2.05) is 12.1 Å². The van der Waals surface area contributed by atoms with Crippen molar-refractivity contribution >= 4 is 17.2 Å². The summed E-state index contributed by atoms with van der Waals surface area (Å²) >= 11 is 1.62. The zero-order valence-corrected chi connectivity index (χ0v) is 11.6. The molecule has 3 N–H and O–H groups in total. The lowest BCUT2D eigenvalue weighted by Crippen LogP contribution is -2.29. The molecule has 0 bridgehead atoms. The summed E-state index contributed by atoms with van der Waals surface area (Å²) in [5.41, 5.74) is 5.34. The molecule has 4 heteroatoms. The number of carbonyl (C=O) groups excluding carboxylic acids is 1. The van der Waals surface area contributed by atoms with Gasteiger partial charge < -0.3 is 11.1 Å². The van der Waals surface area contributed by atoms with Crippen LogP contribution < -0.4 is 11.1 Å². The monoisotopic (exact) mass is 274 g/mol. The largest absolute Gasteiger partial charge is 0.351 e. The van der Waals surface area contributed by atoms with Gasteiger partial charge >= 0.3 is 0 Å². The minimum atomic E-state index is 0.232. The predicted octanol–water partition coefficient (Wildman–Crippen LogP) is 1.72. The second-order valence-corrected chi connectivity index (χ2v) is 6.58. The zero-order chi connectivity index (χ0) is 13.2. The van der Waals surface area contributed by atoms with Crippen LogP contribution in [0.15, 0.2) is 12.1 Å². The first-order valence-electron chi connectivity index (χ1n) is 6.81. The van der Waals surface area contributed by atoms with Gasteiger partial charge in [0.1, 0.15) is 0 Å². The molecule has 0 saturated heterocycles. The summed E-state index contributed by atoms with van der Waals surface area (Å²) in [6, 6.07) is 4.01. The van der Waals surface area contributed by atoms with Gasteiger partial charge in [-0.05, 0) is 43.2 Å². The number of carbonyl (C=O) groups is 1. The van der Waals surface area contributed by atoms with E-state index in [0.717, 1.165) is 34.4 Å². The fourth-order valence-corrected chi connectivity index (χ4v) is 3.75. The molecule has 0 aromatic carbocycles. The van der Waals surface area contributed by atoms with Gasteiger partial charge in [-0.3, -0.25) is 4.79 Å². The van der Waals surface area contributed by atoms with Crippen molar-refractivity contribution in [1.82, 2.24) is 5.32 Å². The second-order valence-electron chi connectivity index (χ2n) is 5.41. The molecule has 100 valence electrons. The Kier molecular flexibility index (Phi) is 3.58. The van der Waals surface area contributed by atoms with Crippen molar-refractivity contribution in [1.29, 1.82) is 0 Å². The van der Waals surface area contributed by atoms with Gasteiger partial charge in [-0.25, -0.2) is 0 Å². The van der Waals surface area contributed by atoms with Crippen LogP contribution in [0.25, 0.3) is 0 Å². The maximum atomic E-state index is 12.0. The van der Waals surface area contributed by atoms with Crippen LogP contribution in [0.4, 0.5) is 0 Å². The quantitative estimate of drug-likeness (QED) is 0.825. The van der Waals surface area contributed by atoms with Gasteiger partial charge in [0, 0.05) is 10.8 Å². The van der Waals surface area contributed by atoms with Gasteiger partial charge in [0.15, 0.2) is 0 Å². The Morgan fingerprint density at radius 2 is 2.16 bits per heavy atom. The molecule has 3 rings (SSSR count). The Balaban J connectivity index is 1.48. The van der Waals surface area contributed by atoms with Crippen molar-refractivity contribution in [3.8, 4) is 11.8 Å². The molecule has 2 unspecified atom stereocenters. The molecular formula is C15H18N2OS. The van der Waals surface area contributed by atoms with Gasteiger partial charge in [0.05, 0.1) is 18.0 Å². The van der Waals surface area contributed by atoms with Crippen molar-refractivity contribution in [2.45, 2.75) is 25.8 Å². The molecule has 2 saturated carbocycles. The normalized spacial score (nSPS) is 27.3. The van der Waals surface area contributed by atoms with Gasteiger partial charge in [0.25, 0.3) is 0 Å². The van der Waals surface area contributed by atoms with Crippen LogP contribution in [0.5, 0.6) is 0 Å². The van der Waals surface area contributed by atoms with E-state index in [9.17, 15) is 4.79 Å². The van der Waals surface area contributed by atoms with Crippen LogP contribution in [0.3, 0.4) is 0 Å². The highest BCUT2D eigenvalue weighted by Crippen LogP contribution is 2.54. The molecule has 2 aliphatic rings. The minimum Gasteiger partial charge on any atom is -0.351 e. The lowest BCUT2D eigenvalue weighted by atomic mass is 10.0. The number of nitrogens with two attached hydrogens (primary N) is 1. The van der Waals surface area contributed by atoms with Gasteiger partial charge in [-0.2, -0.15) is 0 Å². The lowest BCUT2D eigenvalue weighted by Gasteiger charge is -2.11. The molecule has 0 aliphatic heterocycles. The number of hydrogen-bond donors (Lipinski definition) is 2. The van der Waals surface area contributed by atoms with E-state index in [0.29, 0.717) is 13.1 Å². The van der Waals surface area contributed by atoms with E-state index in [4.69, 9.17) is 5.73 Å². The molecule has 1 aromatic rings. The Morgan fingerprint density at radius 1 is 1.37 bits per heavy atom. The maximum Gasteiger partial charge on any atom is 0.223 e. The lowest BCUT2D eigenvalue weighted by molar-refractivity contribution is -0.125. The molecule has 1 amide bonds. The standard InChI is InChI=1S/C15H18N2OS/c16-5-1-2-13-3-4-14(19-13)9-17-15(18)12-7-10-6-11(10)8-12/h3-4,10-12H,5-9,16H2,(H,17,18). The van der Waals surface area contributed by atoms with E-state index in [2.05, 4.69) is 17.2 Å². The summed E-state index contributed by atoms with van der Waals surface area (Å²) < 4.78 is 0. The van der Waals surface area contributed by atoms with E-state index in [1.54, 1.807) is 11.3 Å². The minimum absolute atomic E-state index is 0.232. The first kappa shape index (κ1) is 12.7. The highest BCUT2D eigenvalue weighted by atomic mass is 32.1. The van der Waals surface area contributed by atoms with E-state index in [1.165, 1.54) is 6.42 Å². The number of hydrogen-bond acceptors (Lipinski definition) is 3. The van der Waals surface area contributed by atoms with E-state index < -0.39 is 0 Å². The maximum absolute atomic E-state index is 12.0. The smallest absolute Gasteiger partial charge is 0.223 e. The molecule has 0 spiro atoms. The Morgan fingerprint density at radius 3 is 2.89 bits per heavy atom. The molecular weight excluding hydrogens is 256 g/mol. The summed E-state index contributed by atoms with van der Waals surface area (Å²) in [6.07, 6.45) is 3.57. The molecule has 2 fully saturated rings. The number of amides is 1. The average Bonchev–Trinajstić information content (AvgIpc) is 2.86. The van der Waals surface area contributed by atoms with Crippen LogP contribution in [0.1, 0.15) is 29.0 Å². The summed E-state index contributed by atoms with van der Waals surface area (Å²) in [5, 5.41) is 3.05. The average molecular weight is 274 g/mol. The first-order chi connectivity index (χ1) is 9.26. The highest BCUT2D eigenvalue weighted by Gasteiger charge is 2.47. The zero-order valence-electron chi connectivity index (χ0n) is 10.8. The van der Waals surface area contributed by atoms with Crippen LogP contribution in [-0.4, -0.2) is 12.5 Å². The van der Waals surface area contributed by atoms with E-state index in [-0.39, 0.29) is 11.8 Å².